The van der Waals surface area contributed by atoms with Gasteiger partial charge in [0.1, 0.15) is 0 Å². The van der Waals surface area contributed by atoms with Crippen LogP contribution in [0.1, 0.15) is 29.7 Å². The minimum absolute atomic E-state index is 0.349. The lowest BCUT2D eigenvalue weighted by atomic mass is 9.80. The summed E-state index contributed by atoms with van der Waals surface area (Å²) in [5.74, 6) is 0.329. The Balaban J connectivity index is 1.56. The van der Waals surface area contributed by atoms with Crippen molar-refractivity contribution in [3.8, 4) is 11.1 Å². The molecule has 0 saturated carbocycles. The molecule has 2 heteroatoms. The van der Waals surface area contributed by atoms with Crippen LogP contribution in [0.5, 0.6) is 0 Å². The predicted octanol–water partition coefficient (Wildman–Crippen LogP) is 6.57. The quantitative estimate of drug-likeness (QED) is 0.484. The van der Waals surface area contributed by atoms with Crippen molar-refractivity contribution in [1.29, 1.82) is 0 Å². The maximum atomic E-state index is 13.6. The first-order chi connectivity index (χ1) is 13.1. The van der Waals surface area contributed by atoms with Gasteiger partial charge in [-0.15, -0.1) is 0 Å². The number of halogens is 1. The summed E-state index contributed by atoms with van der Waals surface area (Å²) in [6, 6.07) is 22.3. The summed E-state index contributed by atoms with van der Waals surface area (Å²) in [6.45, 7) is 4.07. The largest absolute Gasteiger partial charge is 0.225 e. The second kappa shape index (κ2) is 7.32. The first-order valence-electron chi connectivity index (χ1n) is 9.30. The SMILES string of the molecule is Cc1cc(-c2ccc(C3C=CC(c4ccccc4)=CC3C)cc2)cc(F)n1. The first kappa shape index (κ1) is 17.4. The highest BCUT2D eigenvalue weighted by Crippen LogP contribution is 2.35. The molecule has 0 saturated heterocycles. The summed E-state index contributed by atoms with van der Waals surface area (Å²) in [4.78, 5) is 3.81. The molecule has 1 heterocycles. The molecule has 2 atom stereocenters. The zero-order chi connectivity index (χ0) is 18.8. The Labute approximate surface area is 159 Å². The molecule has 1 aromatic heterocycles. The summed E-state index contributed by atoms with van der Waals surface area (Å²) >= 11 is 0. The van der Waals surface area contributed by atoms with Crippen LogP contribution >= 0.6 is 0 Å². The molecule has 27 heavy (non-hydrogen) atoms. The van der Waals surface area contributed by atoms with E-state index in [0.29, 0.717) is 17.5 Å². The van der Waals surface area contributed by atoms with Crippen molar-refractivity contribution in [3.05, 3.63) is 108 Å². The lowest BCUT2D eigenvalue weighted by molar-refractivity contribution is 0.581. The lowest BCUT2D eigenvalue weighted by Crippen LogP contribution is -2.09. The number of aromatic nitrogens is 1. The Morgan fingerprint density at radius 2 is 1.59 bits per heavy atom. The summed E-state index contributed by atoms with van der Waals surface area (Å²) < 4.78 is 13.6. The van der Waals surface area contributed by atoms with E-state index >= 15 is 0 Å². The molecule has 0 bridgehead atoms. The number of rotatable bonds is 3. The number of pyridine rings is 1. The molecule has 0 N–H and O–H groups in total. The van der Waals surface area contributed by atoms with Gasteiger partial charge in [0.25, 0.3) is 0 Å². The average Bonchev–Trinajstić information content (AvgIpc) is 2.68. The number of benzene rings is 2. The number of allylic oxidation sites excluding steroid dienone is 4. The van der Waals surface area contributed by atoms with Crippen molar-refractivity contribution in [1.82, 2.24) is 4.98 Å². The summed E-state index contributed by atoms with van der Waals surface area (Å²) in [5, 5.41) is 0. The zero-order valence-corrected chi connectivity index (χ0v) is 15.6. The van der Waals surface area contributed by atoms with Crippen molar-refractivity contribution >= 4 is 5.57 Å². The van der Waals surface area contributed by atoms with E-state index in [1.165, 1.54) is 22.8 Å². The molecule has 1 aliphatic rings. The summed E-state index contributed by atoms with van der Waals surface area (Å²) in [7, 11) is 0. The number of nitrogens with zero attached hydrogens (tertiary/aromatic N) is 1. The Morgan fingerprint density at radius 3 is 2.26 bits per heavy atom. The van der Waals surface area contributed by atoms with Crippen molar-refractivity contribution in [2.45, 2.75) is 19.8 Å². The van der Waals surface area contributed by atoms with Crippen LogP contribution in [0.15, 0.2) is 85.0 Å². The van der Waals surface area contributed by atoms with Gasteiger partial charge in [-0.3, -0.25) is 0 Å². The van der Waals surface area contributed by atoms with E-state index in [9.17, 15) is 4.39 Å². The van der Waals surface area contributed by atoms with Gasteiger partial charge < -0.3 is 0 Å². The average molecular weight is 355 g/mol. The first-order valence-corrected chi connectivity index (χ1v) is 9.30. The number of aryl methyl sites for hydroxylation is 1. The van der Waals surface area contributed by atoms with Gasteiger partial charge in [0.05, 0.1) is 0 Å². The maximum absolute atomic E-state index is 13.6. The summed E-state index contributed by atoms with van der Waals surface area (Å²) in [5.41, 5.74) is 6.37. The summed E-state index contributed by atoms with van der Waals surface area (Å²) in [6.07, 6.45) is 6.85. The van der Waals surface area contributed by atoms with Crippen LogP contribution in [-0.4, -0.2) is 4.98 Å². The molecule has 134 valence electrons. The van der Waals surface area contributed by atoms with Crippen LogP contribution in [0.2, 0.25) is 0 Å². The molecule has 0 radical (unpaired) electrons. The maximum Gasteiger partial charge on any atom is 0.213 e. The highest BCUT2D eigenvalue weighted by molar-refractivity contribution is 5.75. The van der Waals surface area contributed by atoms with Crippen molar-refractivity contribution in [3.63, 3.8) is 0 Å². The van der Waals surface area contributed by atoms with Crippen LogP contribution in [-0.2, 0) is 0 Å². The van der Waals surface area contributed by atoms with Crippen molar-refractivity contribution in [2.75, 3.05) is 0 Å². The van der Waals surface area contributed by atoms with Gasteiger partial charge in [-0.05, 0) is 46.7 Å². The smallest absolute Gasteiger partial charge is 0.213 e. The molecule has 1 aliphatic carbocycles. The molecule has 0 aliphatic heterocycles. The van der Waals surface area contributed by atoms with E-state index < -0.39 is 5.95 Å². The third-order valence-corrected chi connectivity index (χ3v) is 5.15. The second-order valence-corrected chi connectivity index (χ2v) is 7.17. The van der Waals surface area contributed by atoms with E-state index in [-0.39, 0.29) is 0 Å². The lowest BCUT2D eigenvalue weighted by Gasteiger charge is -2.24. The fourth-order valence-electron chi connectivity index (χ4n) is 3.76. The van der Waals surface area contributed by atoms with Gasteiger partial charge in [0.2, 0.25) is 5.95 Å². The Hall–Kier alpha value is -3.00. The van der Waals surface area contributed by atoms with E-state index in [1.807, 2.05) is 19.1 Å². The third-order valence-electron chi connectivity index (χ3n) is 5.15. The Morgan fingerprint density at radius 1 is 0.852 bits per heavy atom. The van der Waals surface area contributed by atoms with Gasteiger partial charge in [-0.25, -0.2) is 4.98 Å². The standard InChI is InChI=1S/C25H22FN/c1-17-14-22(19-6-4-3-5-7-19)12-13-24(17)21-10-8-20(9-11-21)23-15-18(2)27-25(26)16-23/h3-17,24H,1-2H3. The number of hydrogen-bond acceptors (Lipinski definition) is 1. The molecule has 0 fully saturated rings. The van der Waals surface area contributed by atoms with Crippen LogP contribution in [0.25, 0.3) is 16.7 Å². The number of hydrogen-bond donors (Lipinski definition) is 0. The molecular weight excluding hydrogens is 333 g/mol. The van der Waals surface area contributed by atoms with Crippen LogP contribution in [0.4, 0.5) is 4.39 Å². The van der Waals surface area contributed by atoms with Gasteiger partial charge in [-0.2, -0.15) is 4.39 Å². The molecule has 0 amide bonds. The Kier molecular flexibility index (Phi) is 4.72. The molecule has 2 unspecified atom stereocenters. The molecular formula is C25H22FN. The minimum atomic E-state index is -0.434. The molecule has 3 aromatic rings. The van der Waals surface area contributed by atoms with Gasteiger partial charge in [0.15, 0.2) is 0 Å². The molecule has 2 aromatic carbocycles. The third kappa shape index (κ3) is 3.75. The Bertz CT molecular complexity index is 980. The molecule has 4 rings (SSSR count). The van der Waals surface area contributed by atoms with Crippen LogP contribution in [0, 0.1) is 18.8 Å². The van der Waals surface area contributed by atoms with Gasteiger partial charge in [0, 0.05) is 17.7 Å². The zero-order valence-electron chi connectivity index (χ0n) is 15.6. The molecule has 0 spiro atoms. The van der Waals surface area contributed by atoms with Crippen molar-refractivity contribution in [2.24, 2.45) is 5.92 Å². The minimum Gasteiger partial charge on any atom is -0.225 e. The normalized spacial score (nSPS) is 19.0. The second-order valence-electron chi connectivity index (χ2n) is 7.17. The van der Waals surface area contributed by atoms with E-state index in [4.69, 9.17) is 0 Å². The topological polar surface area (TPSA) is 12.9 Å². The fourth-order valence-corrected chi connectivity index (χ4v) is 3.76. The van der Waals surface area contributed by atoms with Crippen LogP contribution < -0.4 is 0 Å². The highest BCUT2D eigenvalue weighted by Gasteiger charge is 2.19. The monoisotopic (exact) mass is 355 g/mol. The van der Waals surface area contributed by atoms with E-state index in [0.717, 1.165) is 11.1 Å². The highest BCUT2D eigenvalue weighted by atomic mass is 19.1. The van der Waals surface area contributed by atoms with E-state index in [1.54, 1.807) is 0 Å². The van der Waals surface area contributed by atoms with Crippen LogP contribution in [0.3, 0.4) is 0 Å². The van der Waals surface area contributed by atoms with Gasteiger partial charge in [-0.1, -0.05) is 79.7 Å². The molecule has 1 nitrogen and oxygen atoms in total. The van der Waals surface area contributed by atoms with Gasteiger partial charge >= 0.3 is 0 Å². The van der Waals surface area contributed by atoms with Crippen molar-refractivity contribution < 1.29 is 4.39 Å². The predicted molar refractivity (Wildman–Crippen MR) is 110 cm³/mol. The van der Waals surface area contributed by atoms with E-state index in [2.05, 4.69) is 78.7 Å². The fraction of sp³-hybridized carbons (Fsp3) is 0.160.